The third-order valence-corrected chi connectivity index (χ3v) is 9.69. The number of alkyl halides is 1. The van der Waals surface area contributed by atoms with Crippen molar-refractivity contribution in [1.29, 1.82) is 5.26 Å². The van der Waals surface area contributed by atoms with Crippen LogP contribution in [0, 0.1) is 10.2 Å². The van der Waals surface area contributed by atoms with Crippen molar-refractivity contribution in [3.05, 3.63) is 0 Å². The first-order valence-electron chi connectivity index (χ1n) is 15.1. The zero-order valence-electron chi connectivity index (χ0n) is 28.1. The Balaban J connectivity index is 0.000000393. The number of halogens is 2. The molecule has 6 unspecified atom stereocenters. The number of hydrogen-bond acceptors (Lipinski definition) is 15. The van der Waals surface area contributed by atoms with Gasteiger partial charge in [0.15, 0.2) is 0 Å². The smallest absolute Gasteiger partial charge is 0.472 e. The highest BCUT2D eigenvalue weighted by atomic mass is 127. The topological polar surface area (TPSA) is 223 Å². The van der Waals surface area contributed by atoms with E-state index < -0.39 is 64.2 Å². The van der Waals surface area contributed by atoms with Gasteiger partial charge in [-0.2, -0.15) is 5.26 Å². The summed E-state index contributed by atoms with van der Waals surface area (Å²) in [6.07, 6.45) is -1.20. The molecule has 0 saturated carbocycles. The van der Waals surface area contributed by atoms with E-state index in [1.165, 1.54) is 21.3 Å². The molecule has 4 saturated heterocycles. The molecule has 0 amide bonds. The fourth-order valence-electron chi connectivity index (χ4n) is 5.16. The molecular weight excluding hydrogens is 882 g/mol. The number of nitrogens with zero attached hydrogens (tertiary/aromatic N) is 1. The van der Waals surface area contributed by atoms with Crippen LogP contribution in [-0.2, 0) is 60.6 Å². The van der Waals surface area contributed by atoms with Crippen molar-refractivity contribution in [3.8, 4) is 4.98 Å². The van der Waals surface area contributed by atoms with Crippen molar-refractivity contribution in [2.24, 2.45) is 0 Å². The highest BCUT2D eigenvalue weighted by molar-refractivity contribution is 14.1. The quantitative estimate of drug-likeness (QED) is 0.102. The molecule has 2 N–H and O–H groups in total. The molecule has 4 heterocycles. The number of ether oxygens (including phenoxy) is 8. The molecular formula is C25H42B4BrINO16P2-. The van der Waals surface area contributed by atoms with E-state index in [4.69, 9.17) is 88.5 Å². The lowest BCUT2D eigenvalue weighted by Crippen LogP contribution is -2.30. The first kappa shape index (κ1) is 48.9. The van der Waals surface area contributed by atoms with Crippen LogP contribution < -0.4 is 4.89 Å². The number of phosphoric ester groups is 2. The Kier molecular flexibility index (Phi) is 24.5. The van der Waals surface area contributed by atoms with Crippen molar-refractivity contribution in [2.45, 2.75) is 98.5 Å². The van der Waals surface area contributed by atoms with Gasteiger partial charge < -0.3 is 57.1 Å². The molecule has 25 heteroatoms. The van der Waals surface area contributed by atoms with E-state index in [2.05, 4.69) is 43.0 Å². The Hall–Kier alpha value is 0.860. The summed E-state index contributed by atoms with van der Waals surface area (Å²) in [5, 5.41) is 7.24. The number of methoxy groups -OCH3 is 4. The molecule has 4 aliphatic heterocycles. The predicted molar refractivity (Wildman–Crippen MR) is 190 cm³/mol. The maximum Gasteiger partial charge on any atom is 0.472 e. The Morgan fingerprint density at radius 2 is 1.08 bits per heavy atom. The minimum atomic E-state index is -4.74. The summed E-state index contributed by atoms with van der Waals surface area (Å²) in [5.41, 5.74) is 0. The molecule has 4 aliphatic rings. The maximum absolute atomic E-state index is 12.1. The van der Waals surface area contributed by atoms with Crippen molar-refractivity contribution in [2.75, 3.05) is 52.7 Å². The van der Waals surface area contributed by atoms with Crippen molar-refractivity contribution < 1.29 is 75.3 Å². The van der Waals surface area contributed by atoms with Gasteiger partial charge in [-0.05, 0) is 25.7 Å². The minimum Gasteiger partial charge on any atom is -0.756 e. The normalized spacial score (nSPS) is 37.1. The van der Waals surface area contributed by atoms with E-state index in [0.717, 1.165) is 10.8 Å². The average Bonchev–Trinajstić information content (AvgIpc) is 3.77. The summed E-state index contributed by atoms with van der Waals surface area (Å²) in [6, 6.07) is -1.77. The molecule has 0 aromatic carbocycles. The molecule has 4 fully saturated rings. The van der Waals surface area contributed by atoms with Gasteiger partial charge in [-0.25, -0.2) is 4.57 Å². The van der Waals surface area contributed by atoms with Crippen molar-refractivity contribution >= 4 is 85.6 Å². The fourth-order valence-corrected chi connectivity index (χ4v) is 7.45. The zero-order chi connectivity index (χ0) is 38.1. The molecule has 50 heavy (non-hydrogen) atoms. The van der Waals surface area contributed by atoms with Crippen LogP contribution >= 0.6 is 54.2 Å². The van der Waals surface area contributed by atoms with Crippen LogP contribution in [0.15, 0.2) is 0 Å². The number of phosphoric acid groups is 2. The lowest BCUT2D eigenvalue weighted by Gasteiger charge is -2.23. The van der Waals surface area contributed by atoms with E-state index >= 15 is 0 Å². The highest BCUT2D eigenvalue weighted by Crippen LogP contribution is 2.47. The van der Waals surface area contributed by atoms with Crippen molar-refractivity contribution in [3.63, 3.8) is 0 Å². The number of rotatable bonds is 14. The van der Waals surface area contributed by atoms with Gasteiger partial charge in [-0.3, -0.25) is 13.6 Å². The van der Waals surface area contributed by atoms with Crippen LogP contribution in [0.1, 0.15) is 25.7 Å². The first-order valence-corrected chi connectivity index (χ1v) is 20.4. The Labute approximate surface area is 320 Å². The zero-order valence-corrected chi connectivity index (χ0v) is 33.6. The van der Waals surface area contributed by atoms with Gasteiger partial charge in [0.05, 0.1) is 50.3 Å². The number of hydrogen-bond donors (Lipinski definition) is 2. The molecule has 0 aliphatic carbocycles. The summed E-state index contributed by atoms with van der Waals surface area (Å²) in [5.74, 6) is 0. The van der Waals surface area contributed by atoms with E-state index in [1.807, 2.05) is 0 Å². The predicted octanol–water partition coefficient (Wildman–Crippen LogP) is 0.0615. The van der Waals surface area contributed by atoms with Gasteiger partial charge >= 0.3 is 7.82 Å². The second-order valence-electron chi connectivity index (χ2n) is 11.0. The Morgan fingerprint density at radius 1 is 0.740 bits per heavy atom. The van der Waals surface area contributed by atoms with Crippen LogP contribution in [0.3, 0.4) is 0 Å². The van der Waals surface area contributed by atoms with Gasteiger partial charge in [0.1, 0.15) is 54.7 Å². The lowest BCUT2D eigenvalue weighted by molar-refractivity contribution is -0.225. The fraction of sp³-hybridized carbons (Fsp3) is 0.960. The Bertz CT molecular complexity index is 1080. The molecule has 14 atom stereocenters. The van der Waals surface area contributed by atoms with E-state index in [1.54, 1.807) is 12.1 Å². The van der Waals surface area contributed by atoms with Gasteiger partial charge in [0.25, 0.3) is 7.82 Å². The number of nitriles is 1. The average molecular weight is 925 g/mol. The summed E-state index contributed by atoms with van der Waals surface area (Å²) in [7, 11) is 19.4. The standard InChI is InChI=1S/C12H21B2O8P.C6H10BIO2.C6H12BO6P.CBrN/c1-17-5-9-8(4-12(14)20-9)22-23(15,16)19-6-10-7(18-2)3-11(13)21-10;1-9-4-2-6(7)10-5(4)3-8;1-11-3-5-4(2-6(7)12-5)13-14(8,9)10;2-1-3/h7-12H,3-6H2,1-2H3,(H,15,16);4-6H,2-3H2,1H3;4-6H,2-3H2,1H3,(H2,8,9,10);/p-1/t7?,8?,9-,10-,11-,12-;2*4?,5-,6-;/m111./s1. The summed E-state index contributed by atoms with van der Waals surface area (Å²) < 4.78 is 79.5. The second-order valence-corrected chi connectivity index (χ2v) is 14.8. The first-order chi connectivity index (χ1) is 23.5. The second kappa shape index (κ2) is 25.1. The largest absolute Gasteiger partial charge is 0.756 e. The summed E-state index contributed by atoms with van der Waals surface area (Å²) >= 11 is 4.73. The van der Waals surface area contributed by atoms with Gasteiger partial charge in [0, 0.05) is 72.8 Å². The summed E-state index contributed by atoms with van der Waals surface area (Å²) in [6.45, 7) is 0.192. The SMILES string of the molecule is N#CBr.[B][C@H]1CC(OC)[C@@H](CI)O1.[B][C@H]1CC(OC)[C@@H](COP(=O)(O)OC2C[C@H]([B])O[C@@H]2COC)O1.[B][C@H]1CC(OP(=O)([O-])O)[C@@H](COC)O1. The highest BCUT2D eigenvalue weighted by Gasteiger charge is 2.41. The van der Waals surface area contributed by atoms with Crippen LogP contribution in [0.4, 0.5) is 0 Å². The molecule has 17 nitrogen and oxygen atoms in total. The van der Waals surface area contributed by atoms with Crippen molar-refractivity contribution in [1.82, 2.24) is 0 Å². The third-order valence-electron chi connectivity index (χ3n) is 7.27. The van der Waals surface area contributed by atoms with E-state index in [0.29, 0.717) is 6.42 Å². The molecule has 0 bridgehead atoms. The third kappa shape index (κ3) is 18.9. The van der Waals surface area contributed by atoms with Gasteiger partial charge in [-0.15, -0.1) is 0 Å². The van der Waals surface area contributed by atoms with Gasteiger partial charge in [0.2, 0.25) is 0 Å². The van der Waals surface area contributed by atoms with Crippen LogP contribution in [0.2, 0.25) is 0 Å². The Morgan fingerprint density at radius 3 is 1.42 bits per heavy atom. The molecule has 0 aromatic rings. The summed E-state index contributed by atoms with van der Waals surface area (Å²) in [4.78, 5) is 30.4. The molecule has 8 radical (unpaired) electrons. The van der Waals surface area contributed by atoms with E-state index in [-0.39, 0.29) is 57.0 Å². The molecule has 0 aromatic heterocycles. The van der Waals surface area contributed by atoms with Crippen LogP contribution in [-0.4, -0.2) is 167 Å². The monoisotopic (exact) mass is 924 g/mol. The lowest BCUT2D eigenvalue weighted by atomic mass is 9.96. The van der Waals surface area contributed by atoms with Crippen LogP contribution in [0.25, 0.3) is 0 Å². The van der Waals surface area contributed by atoms with Crippen LogP contribution in [0.5, 0.6) is 0 Å². The van der Waals surface area contributed by atoms with E-state index in [9.17, 15) is 18.9 Å². The molecule has 280 valence electrons. The maximum atomic E-state index is 12.1. The minimum absolute atomic E-state index is 0.121. The molecule has 0 spiro atoms. The van der Waals surface area contributed by atoms with Gasteiger partial charge in [-0.1, -0.05) is 22.6 Å². The molecule has 4 rings (SSSR count).